The lowest BCUT2D eigenvalue weighted by Gasteiger charge is -2.23. The number of benzene rings is 1. The first-order chi connectivity index (χ1) is 11.6. The zero-order valence-corrected chi connectivity index (χ0v) is 14.4. The Morgan fingerprint density at radius 2 is 2.00 bits per heavy atom. The van der Waals surface area contributed by atoms with E-state index < -0.39 is 10.0 Å². The van der Waals surface area contributed by atoms with Crippen LogP contribution in [0.4, 0.5) is 0 Å². The first-order valence-corrected chi connectivity index (χ1v) is 9.40. The van der Waals surface area contributed by atoms with Crippen molar-refractivity contribution in [1.29, 1.82) is 0 Å². The molecule has 1 atom stereocenters. The Morgan fingerprint density at radius 1 is 1.21 bits per heavy atom. The lowest BCUT2D eigenvalue weighted by atomic mass is 10.0. The maximum atomic E-state index is 12.8. The number of hydrogen-bond donors (Lipinski definition) is 0. The molecule has 7 heteroatoms. The maximum Gasteiger partial charge on any atom is 0.243 e. The molecule has 1 unspecified atom stereocenters. The maximum absolute atomic E-state index is 12.8. The number of hydrogen-bond acceptors (Lipinski definition) is 5. The number of aryl methyl sites for hydroxylation is 1. The highest BCUT2D eigenvalue weighted by Crippen LogP contribution is 2.20. The number of nitrogens with zero attached hydrogens (tertiary/aromatic N) is 3. The number of sulfonamides is 1. The molecular weight excluding hydrogens is 326 g/mol. The molecule has 6 nitrogen and oxygen atoms in total. The van der Waals surface area contributed by atoms with E-state index in [0.717, 1.165) is 11.4 Å². The van der Waals surface area contributed by atoms with Gasteiger partial charge in [0.15, 0.2) is 0 Å². The van der Waals surface area contributed by atoms with Crippen molar-refractivity contribution in [2.45, 2.75) is 18.2 Å². The van der Waals surface area contributed by atoms with Gasteiger partial charge in [0.25, 0.3) is 0 Å². The molecule has 1 saturated heterocycles. The summed E-state index contributed by atoms with van der Waals surface area (Å²) < 4.78 is 32.8. The van der Waals surface area contributed by atoms with Crippen LogP contribution in [0.15, 0.2) is 47.6 Å². The van der Waals surface area contributed by atoms with E-state index in [1.54, 1.807) is 36.7 Å². The third kappa shape index (κ3) is 3.98. The monoisotopic (exact) mass is 347 g/mol. The van der Waals surface area contributed by atoms with Crippen molar-refractivity contribution in [1.82, 2.24) is 14.3 Å². The molecule has 1 aliphatic heterocycles. The van der Waals surface area contributed by atoms with Gasteiger partial charge in [0, 0.05) is 31.4 Å². The van der Waals surface area contributed by atoms with Gasteiger partial charge in [-0.1, -0.05) is 18.2 Å². The predicted octanol–water partition coefficient (Wildman–Crippen LogP) is 1.66. The second-order valence-corrected chi connectivity index (χ2v) is 7.91. The third-order valence-corrected chi connectivity index (χ3v) is 5.89. The van der Waals surface area contributed by atoms with Crippen molar-refractivity contribution >= 4 is 10.0 Å². The summed E-state index contributed by atoms with van der Waals surface area (Å²) >= 11 is 0. The highest BCUT2D eigenvalue weighted by atomic mass is 32.2. The zero-order chi connectivity index (χ0) is 17.0. The quantitative estimate of drug-likeness (QED) is 0.841. The minimum absolute atomic E-state index is 0.0583. The second kappa shape index (κ2) is 7.38. The normalized spacial score (nSPS) is 19.8. The molecule has 0 bridgehead atoms. The fourth-order valence-corrected chi connectivity index (χ4v) is 4.27. The summed E-state index contributed by atoms with van der Waals surface area (Å²) in [6.45, 7) is 3.61. The molecule has 1 aliphatic rings. The fourth-order valence-electron chi connectivity index (χ4n) is 2.75. The van der Waals surface area contributed by atoms with Crippen LogP contribution >= 0.6 is 0 Å². The van der Waals surface area contributed by atoms with E-state index in [1.807, 2.05) is 13.0 Å². The molecule has 1 aromatic heterocycles. The lowest BCUT2D eigenvalue weighted by Crippen LogP contribution is -2.36. The molecule has 0 saturated carbocycles. The lowest BCUT2D eigenvalue weighted by molar-refractivity contribution is 0.122. The first kappa shape index (κ1) is 17.0. The van der Waals surface area contributed by atoms with Gasteiger partial charge in [0.2, 0.25) is 10.0 Å². The van der Waals surface area contributed by atoms with Crippen LogP contribution in [0.25, 0.3) is 0 Å². The molecule has 128 valence electrons. The molecule has 3 rings (SSSR count). The standard InChI is InChI=1S/C17H21N3O3S/c1-14-10-19-16(11-18-14)9-15-12-20(7-8-23-13-15)24(21,22)17-5-3-2-4-6-17/h2-6,10-11,15H,7-9,12-13H2,1H3. The Kier molecular flexibility index (Phi) is 5.23. The minimum Gasteiger partial charge on any atom is -0.380 e. The predicted molar refractivity (Wildman–Crippen MR) is 90.0 cm³/mol. The van der Waals surface area contributed by atoms with Crippen molar-refractivity contribution < 1.29 is 13.2 Å². The van der Waals surface area contributed by atoms with Gasteiger partial charge in [0.1, 0.15) is 0 Å². The Balaban J connectivity index is 1.76. The summed E-state index contributed by atoms with van der Waals surface area (Å²) in [4.78, 5) is 8.93. The van der Waals surface area contributed by atoms with Crippen LogP contribution < -0.4 is 0 Å². The van der Waals surface area contributed by atoms with E-state index in [4.69, 9.17) is 4.74 Å². The molecule has 0 aliphatic carbocycles. The molecular formula is C17H21N3O3S. The SMILES string of the molecule is Cc1cnc(CC2COCCN(S(=O)(=O)c3ccccc3)C2)cn1. The van der Waals surface area contributed by atoms with Gasteiger partial charge in [-0.3, -0.25) is 9.97 Å². The average molecular weight is 347 g/mol. The van der Waals surface area contributed by atoms with E-state index in [1.165, 1.54) is 4.31 Å². The highest BCUT2D eigenvalue weighted by molar-refractivity contribution is 7.89. The van der Waals surface area contributed by atoms with Gasteiger partial charge in [-0.15, -0.1) is 0 Å². The van der Waals surface area contributed by atoms with Crippen molar-refractivity contribution in [3.63, 3.8) is 0 Å². The van der Waals surface area contributed by atoms with E-state index >= 15 is 0 Å². The van der Waals surface area contributed by atoms with Crippen LogP contribution in [0, 0.1) is 12.8 Å². The molecule has 0 amide bonds. The van der Waals surface area contributed by atoms with Gasteiger partial charge in [-0.25, -0.2) is 8.42 Å². The van der Waals surface area contributed by atoms with Crippen molar-refractivity contribution in [3.8, 4) is 0 Å². The van der Waals surface area contributed by atoms with Gasteiger partial charge in [-0.2, -0.15) is 4.31 Å². The Bertz CT molecular complexity index is 763. The van der Waals surface area contributed by atoms with E-state index in [9.17, 15) is 8.42 Å². The Labute approximate surface area is 142 Å². The van der Waals surface area contributed by atoms with Crippen molar-refractivity contribution in [3.05, 3.63) is 54.1 Å². The summed E-state index contributed by atoms with van der Waals surface area (Å²) in [5.74, 6) is 0.0583. The van der Waals surface area contributed by atoms with E-state index in [2.05, 4.69) is 9.97 Å². The fraction of sp³-hybridized carbons (Fsp3) is 0.412. The van der Waals surface area contributed by atoms with Crippen LogP contribution in [0.5, 0.6) is 0 Å². The van der Waals surface area contributed by atoms with Gasteiger partial charge >= 0.3 is 0 Å². The van der Waals surface area contributed by atoms with E-state index in [-0.39, 0.29) is 5.92 Å². The third-order valence-electron chi connectivity index (χ3n) is 4.01. The van der Waals surface area contributed by atoms with Crippen LogP contribution in [-0.2, 0) is 21.2 Å². The van der Waals surface area contributed by atoms with Crippen LogP contribution in [0.1, 0.15) is 11.4 Å². The topological polar surface area (TPSA) is 72.4 Å². The van der Waals surface area contributed by atoms with Crippen LogP contribution in [-0.4, -0.2) is 49.0 Å². The second-order valence-electron chi connectivity index (χ2n) is 5.97. The smallest absolute Gasteiger partial charge is 0.243 e. The summed E-state index contributed by atoms with van der Waals surface area (Å²) in [6, 6.07) is 8.54. The number of rotatable bonds is 4. The minimum atomic E-state index is -3.50. The highest BCUT2D eigenvalue weighted by Gasteiger charge is 2.29. The van der Waals surface area contributed by atoms with Crippen LogP contribution in [0.2, 0.25) is 0 Å². The zero-order valence-electron chi connectivity index (χ0n) is 13.6. The number of ether oxygens (including phenoxy) is 1. The molecule has 2 heterocycles. The molecule has 0 N–H and O–H groups in total. The first-order valence-electron chi connectivity index (χ1n) is 7.96. The van der Waals surface area contributed by atoms with Gasteiger partial charge in [-0.05, 0) is 25.5 Å². The Morgan fingerprint density at radius 3 is 2.71 bits per heavy atom. The van der Waals surface area contributed by atoms with Gasteiger partial charge in [0.05, 0.1) is 29.5 Å². The Hall–Kier alpha value is -1.83. The largest absolute Gasteiger partial charge is 0.380 e. The van der Waals surface area contributed by atoms with E-state index in [0.29, 0.717) is 37.6 Å². The summed E-state index contributed by atoms with van der Waals surface area (Å²) in [6.07, 6.45) is 4.12. The summed E-state index contributed by atoms with van der Waals surface area (Å²) in [5.41, 5.74) is 1.72. The average Bonchev–Trinajstić information content (AvgIpc) is 2.84. The van der Waals surface area contributed by atoms with Crippen LogP contribution in [0.3, 0.4) is 0 Å². The summed E-state index contributed by atoms with van der Waals surface area (Å²) in [5, 5.41) is 0. The van der Waals surface area contributed by atoms with Gasteiger partial charge < -0.3 is 4.74 Å². The molecule has 1 aromatic carbocycles. The molecule has 2 aromatic rings. The molecule has 24 heavy (non-hydrogen) atoms. The molecule has 1 fully saturated rings. The van der Waals surface area contributed by atoms with Crippen molar-refractivity contribution in [2.75, 3.05) is 26.3 Å². The van der Waals surface area contributed by atoms with Crippen molar-refractivity contribution in [2.24, 2.45) is 5.92 Å². The number of aromatic nitrogens is 2. The summed E-state index contributed by atoms with van der Waals surface area (Å²) in [7, 11) is -3.50. The molecule has 0 spiro atoms. The molecule has 0 radical (unpaired) electrons.